The molecule has 0 aliphatic carbocycles. The van der Waals surface area contributed by atoms with Crippen LogP contribution in [0.25, 0.3) is 11.0 Å². The van der Waals surface area contributed by atoms with Crippen molar-refractivity contribution in [3.63, 3.8) is 0 Å². The van der Waals surface area contributed by atoms with Crippen molar-refractivity contribution in [3.8, 4) is 0 Å². The van der Waals surface area contributed by atoms with E-state index in [2.05, 4.69) is 25.9 Å². The molecule has 1 N–H and O–H groups in total. The summed E-state index contributed by atoms with van der Waals surface area (Å²) in [6, 6.07) is 15.9. The summed E-state index contributed by atoms with van der Waals surface area (Å²) in [5.74, 6) is 0.909. The molecular weight excluding hydrogens is 356 g/mol. The molecular formula is C21H20N4OS. The zero-order valence-electron chi connectivity index (χ0n) is 15.3. The van der Waals surface area contributed by atoms with Gasteiger partial charge < -0.3 is 9.88 Å². The van der Waals surface area contributed by atoms with Crippen LogP contribution in [-0.2, 0) is 17.8 Å². The molecule has 2 heterocycles. The fourth-order valence-electron chi connectivity index (χ4n) is 3.04. The molecule has 4 aromatic rings. The summed E-state index contributed by atoms with van der Waals surface area (Å²) in [6.45, 7) is 4.68. The first-order chi connectivity index (χ1) is 13.1. The summed E-state index contributed by atoms with van der Waals surface area (Å²) in [7, 11) is 0. The van der Waals surface area contributed by atoms with E-state index in [1.807, 2.05) is 61.7 Å². The van der Waals surface area contributed by atoms with Crippen LogP contribution in [0.2, 0.25) is 0 Å². The lowest BCUT2D eigenvalue weighted by Gasteiger charge is -2.05. The number of carbonyl (C=O) groups excluding carboxylic acids is 1. The molecule has 2 aromatic heterocycles. The van der Waals surface area contributed by atoms with Crippen molar-refractivity contribution in [3.05, 3.63) is 76.0 Å². The molecule has 0 fully saturated rings. The van der Waals surface area contributed by atoms with Crippen molar-refractivity contribution in [2.75, 3.05) is 5.32 Å². The molecule has 0 atom stereocenters. The molecule has 2 aromatic carbocycles. The normalized spacial score (nSPS) is 11.0. The van der Waals surface area contributed by atoms with Crippen LogP contribution >= 0.6 is 11.3 Å². The van der Waals surface area contributed by atoms with E-state index in [4.69, 9.17) is 0 Å². The fraction of sp³-hybridized carbons (Fsp3) is 0.190. The van der Waals surface area contributed by atoms with Gasteiger partial charge >= 0.3 is 0 Å². The topological polar surface area (TPSA) is 59.8 Å². The van der Waals surface area contributed by atoms with E-state index in [-0.39, 0.29) is 12.3 Å². The van der Waals surface area contributed by atoms with Crippen molar-refractivity contribution in [2.45, 2.75) is 26.8 Å². The van der Waals surface area contributed by atoms with Crippen molar-refractivity contribution in [2.24, 2.45) is 0 Å². The van der Waals surface area contributed by atoms with Gasteiger partial charge in [0.15, 0.2) is 0 Å². The average Bonchev–Trinajstić information content (AvgIpc) is 3.21. The number of aryl methyl sites for hydroxylation is 2. The lowest BCUT2D eigenvalue weighted by molar-refractivity contribution is -0.115. The van der Waals surface area contributed by atoms with Crippen LogP contribution in [0.1, 0.15) is 22.1 Å². The predicted octanol–water partition coefficient (Wildman–Crippen LogP) is 4.34. The standard InChI is InChI=1S/C21H20N4OS/c1-14-7-9-16(10-8-14)23-20(26)11-21-24-17(13-27-21)12-25-15(2)22-18-5-3-4-6-19(18)25/h3-10,13H,11-12H2,1-2H3,(H,23,26). The summed E-state index contributed by atoms with van der Waals surface area (Å²) in [5, 5.41) is 5.75. The molecule has 4 rings (SSSR count). The Balaban J connectivity index is 1.44. The van der Waals surface area contributed by atoms with Gasteiger partial charge in [-0.15, -0.1) is 11.3 Å². The van der Waals surface area contributed by atoms with Gasteiger partial charge in [0.2, 0.25) is 5.91 Å². The van der Waals surface area contributed by atoms with E-state index in [0.717, 1.165) is 33.2 Å². The number of aromatic nitrogens is 3. The zero-order chi connectivity index (χ0) is 18.8. The molecule has 6 heteroatoms. The Morgan fingerprint density at radius 1 is 1.07 bits per heavy atom. The second-order valence-electron chi connectivity index (χ2n) is 6.56. The van der Waals surface area contributed by atoms with Gasteiger partial charge in [-0.3, -0.25) is 4.79 Å². The number of fused-ring (bicyclic) bond motifs is 1. The number of nitrogens with one attached hydrogen (secondary N) is 1. The number of anilines is 1. The third-order valence-corrected chi connectivity index (χ3v) is 5.31. The van der Waals surface area contributed by atoms with Gasteiger partial charge in [-0.2, -0.15) is 0 Å². The van der Waals surface area contributed by atoms with Crippen molar-refractivity contribution in [1.82, 2.24) is 14.5 Å². The van der Waals surface area contributed by atoms with Gasteiger partial charge in [0, 0.05) is 11.1 Å². The van der Waals surface area contributed by atoms with E-state index in [0.29, 0.717) is 6.54 Å². The number of hydrogen-bond acceptors (Lipinski definition) is 4. The van der Waals surface area contributed by atoms with Crippen molar-refractivity contribution < 1.29 is 4.79 Å². The second-order valence-corrected chi connectivity index (χ2v) is 7.50. The maximum atomic E-state index is 12.3. The predicted molar refractivity (Wildman–Crippen MR) is 109 cm³/mol. The van der Waals surface area contributed by atoms with Crippen LogP contribution in [-0.4, -0.2) is 20.4 Å². The highest BCUT2D eigenvalue weighted by molar-refractivity contribution is 7.09. The molecule has 136 valence electrons. The molecule has 0 spiro atoms. The number of amides is 1. The summed E-state index contributed by atoms with van der Waals surface area (Å²) in [4.78, 5) is 21.5. The first-order valence-electron chi connectivity index (χ1n) is 8.80. The number of hydrogen-bond donors (Lipinski definition) is 1. The summed E-state index contributed by atoms with van der Waals surface area (Å²) in [5.41, 5.74) is 5.01. The molecule has 0 saturated carbocycles. The van der Waals surface area contributed by atoms with Gasteiger partial charge in [-0.05, 0) is 38.1 Å². The van der Waals surface area contributed by atoms with Gasteiger partial charge in [-0.25, -0.2) is 9.97 Å². The third-order valence-electron chi connectivity index (χ3n) is 4.41. The number of para-hydroxylation sites is 2. The number of benzene rings is 2. The number of carbonyl (C=O) groups is 1. The van der Waals surface area contributed by atoms with Gasteiger partial charge in [-0.1, -0.05) is 29.8 Å². The lowest BCUT2D eigenvalue weighted by atomic mass is 10.2. The van der Waals surface area contributed by atoms with Gasteiger partial charge in [0.25, 0.3) is 0 Å². The largest absolute Gasteiger partial charge is 0.326 e. The minimum absolute atomic E-state index is 0.0518. The van der Waals surface area contributed by atoms with E-state index >= 15 is 0 Å². The Labute approximate surface area is 161 Å². The zero-order valence-corrected chi connectivity index (χ0v) is 16.1. The molecule has 1 amide bonds. The Morgan fingerprint density at radius 2 is 1.85 bits per heavy atom. The van der Waals surface area contributed by atoms with E-state index in [1.165, 1.54) is 16.9 Å². The second kappa shape index (κ2) is 7.32. The summed E-state index contributed by atoms with van der Waals surface area (Å²) >= 11 is 1.52. The molecule has 0 saturated heterocycles. The van der Waals surface area contributed by atoms with E-state index < -0.39 is 0 Å². The number of nitrogens with zero attached hydrogens (tertiary/aromatic N) is 3. The minimum atomic E-state index is -0.0518. The molecule has 0 radical (unpaired) electrons. The Morgan fingerprint density at radius 3 is 2.67 bits per heavy atom. The van der Waals surface area contributed by atoms with Crippen LogP contribution in [0.15, 0.2) is 53.9 Å². The number of imidazole rings is 1. The average molecular weight is 376 g/mol. The SMILES string of the molecule is Cc1ccc(NC(=O)Cc2nc(Cn3c(C)nc4ccccc43)cs2)cc1. The third kappa shape index (κ3) is 3.90. The molecule has 27 heavy (non-hydrogen) atoms. The smallest absolute Gasteiger partial charge is 0.231 e. The molecule has 0 unspecified atom stereocenters. The van der Waals surface area contributed by atoms with E-state index in [9.17, 15) is 4.79 Å². The maximum Gasteiger partial charge on any atom is 0.231 e. The minimum Gasteiger partial charge on any atom is -0.326 e. The molecule has 5 nitrogen and oxygen atoms in total. The summed E-state index contributed by atoms with van der Waals surface area (Å²) < 4.78 is 2.15. The van der Waals surface area contributed by atoms with Gasteiger partial charge in [0.05, 0.1) is 29.7 Å². The Bertz CT molecular complexity index is 1100. The van der Waals surface area contributed by atoms with Crippen LogP contribution < -0.4 is 5.32 Å². The first-order valence-corrected chi connectivity index (χ1v) is 9.68. The molecule has 0 aliphatic heterocycles. The van der Waals surface area contributed by atoms with E-state index in [1.54, 1.807) is 0 Å². The fourth-order valence-corrected chi connectivity index (χ4v) is 3.82. The Hall–Kier alpha value is -2.99. The highest BCUT2D eigenvalue weighted by atomic mass is 32.1. The van der Waals surface area contributed by atoms with Crippen LogP contribution in [0.4, 0.5) is 5.69 Å². The number of thiazole rings is 1. The highest BCUT2D eigenvalue weighted by Crippen LogP contribution is 2.19. The van der Waals surface area contributed by atoms with Crippen LogP contribution in [0.3, 0.4) is 0 Å². The highest BCUT2D eigenvalue weighted by Gasteiger charge is 2.11. The monoisotopic (exact) mass is 376 g/mol. The molecule has 0 aliphatic rings. The van der Waals surface area contributed by atoms with Crippen LogP contribution in [0, 0.1) is 13.8 Å². The maximum absolute atomic E-state index is 12.3. The van der Waals surface area contributed by atoms with Gasteiger partial charge in [0.1, 0.15) is 10.8 Å². The number of rotatable bonds is 5. The Kier molecular flexibility index (Phi) is 4.73. The quantitative estimate of drug-likeness (QED) is 0.564. The van der Waals surface area contributed by atoms with Crippen molar-refractivity contribution in [1.29, 1.82) is 0 Å². The van der Waals surface area contributed by atoms with Crippen LogP contribution in [0.5, 0.6) is 0 Å². The summed E-state index contributed by atoms with van der Waals surface area (Å²) in [6.07, 6.45) is 0.280. The first kappa shape index (κ1) is 17.4. The van der Waals surface area contributed by atoms with Crippen molar-refractivity contribution >= 4 is 34.0 Å². The molecule has 0 bridgehead atoms. The lowest BCUT2D eigenvalue weighted by Crippen LogP contribution is -2.14.